The zero-order valence-electron chi connectivity index (χ0n) is 14.5. The van der Waals surface area contributed by atoms with Crippen molar-refractivity contribution >= 4 is 5.97 Å². The van der Waals surface area contributed by atoms with Gasteiger partial charge in [-0.1, -0.05) is 24.3 Å². The van der Waals surface area contributed by atoms with Gasteiger partial charge in [-0.15, -0.1) is 0 Å². The van der Waals surface area contributed by atoms with Gasteiger partial charge in [0.1, 0.15) is 12.4 Å². The molecule has 2 aromatic carbocycles. The molecule has 0 spiro atoms. The summed E-state index contributed by atoms with van der Waals surface area (Å²) in [7, 11) is 3.09. The Morgan fingerprint density at radius 1 is 1.04 bits per heavy atom. The molecule has 0 fully saturated rings. The third-order valence-electron chi connectivity index (χ3n) is 3.63. The van der Waals surface area contributed by atoms with Crippen LogP contribution in [0.5, 0.6) is 17.2 Å². The van der Waals surface area contributed by atoms with E-state index in [-0.39, 0.29) is 24.7 Å². The maximum Gasteiger partial charge on any atom is 0.387 e. The number of ether oxygens (including phenoxy) is 4. The first-order valence-corrected chi connectivity index (χ1v) is 7.92. The van der Waals surface area contributed by atoms with Crippen molar-refractivity contribution in [1.29, 1.82) is 0 Å². The number of rotatable bonds is 9. The smallest absolute Gasteiger partial charge is 0.387 e. The second kappa shape index (κ2) is 9.60. The summed E-state index contributed by atoms with van der Waals surface area (Å²) in [5.74, 6) is 0.880. The van der Waals surface area contributed by atoms with E-state index in [0.29, 0.717) is 23.5 Å². The summed E-state index contributed by atoms with van der Waals surface area (Å²) in [6.45, 7) is -2.81. The lowest BCUT2D eigenvalue weighted by molar-refractivity contribution is -0.144. The van der Waals surface area contributed by atoms with Crippen LogP contribution in [0, 0.1) is 0 Å². The summed E-state index contributed by atoms with van der Waals surface area (Å²) in [6.07, 6.45) is 0.622. The SMILES string of the molecule is COc1cccc(CCC(=O)OCc2ccc(OC(F)F)cc2)c1OC. The first-order valence-electron chi connectivity index (χ1n) is 7.92. The molecule has 0 unspecified atom stereocenters. The van der Waals surface area contributed by atoms with Gasteiger partial charge in [-0.25, -0.2) is 0 Å². The molecule has 0 N–H and O–H groups in total. The van der Waals surface area contributed by atoms with Crippen LogP contribution in [-0.2, 0) is 22.6 Å². The Morgan fingerprint density at radius 2 is 1.77 bits per heavy atom. The normalized spacial score (nSPS) is 10.5. The summed E-state index contributed by atoms with van der Waals surface area (Å²) >= 11 is 0. The van der Waals surface area contributed by atoms with Crippen molar-refractivity contribution in [2.45, 2.75) is 26.1 Å². The van der Waals surface area contributed by atoms with Gasteiger partial charge < -0.3 is 18.9 Å². The molecule has 5 nitrogen and oxygen atoms in total. The number of alkyl halides is 2. The molecule has 7 heteroatoms. The summed E-state index contributed by atoms with van der Waals surface area (Å²) in [5.41, 5.74) is 1.52. The topological polar surface area (TPSA) is 54.0 Å². The maximum atomic E-state index is 12.1. The fraction of sp³-hybridized carbons (Fsp3) is 0.316. The van der Waals surface area contributed by atoms with Gasteiger partial charge in [0.05, 0.1) is 14.2 Å². The summed E-state index contributed by atoms with van der Waals surface area (Å²) in [6, 6.07) is 11.4. The fourth-order valence-corrected chi connectivity index (χ4v) is 2.39. The van der Waals surface area contributed by atoms with Crippen molar-refractivity contribution < 1.29 is 32.5 Å². The third kappa shape index (κ3) is 5.61. The molecule has 0 radical (unpaired) electrons. The number of hydrogen-bond donors (Lipinski definition) is 0. The number of methoxy groups -OCH3 is 2. The van der Waals surface area contributed by atoms with E-state index in [2.05, 4.69) is 4.74 Å². The van der Waals surface area contributed by atoms with Gasteiger partial charge in [0.2, 0.25) is 0 Å². The van der Waals surface area contributed by atoms with Gasteiger partial charge in [-0.05, 0) is 35.7 Å². The van der Waals surface area contributed by atoms with Crippen LogP contribution >= 0.6 is 0 Å². The van der Waals surface area contributed by atoms with Crippen molar-refractivity contribution in [2.75, 3.05) is 14.2 Å². The lowest BCUT2D eigenvalue weighted by atomic mass is 10.1. The molecule has 2 aromatic rings. The Bertz CT molecular complexity index is 716. The number of para-hydroxylation sites is 1. The van der Waals surface area contributed by atoms with Crippen molar-refractivity contribution in [2.24, 2.45) is 0 Å². The molecule has 140 valence electrons. The number of aryl methyl sites for hydroxylation is 1. The minimum Gasteiger partial charge on any atom is -0.493 e. The molecule has 0 amide bonds. The van der Waals surface area contributed by atoms with Crippen molar-refractivity contribution in [3.8, 4) is 17.2 Å². The fourth-order valence-electron chi connectivity index (χ4n) is 2.39. The Labute approximate surface area is 150 Å². The molecule has 0 aliphatic heterocycles. The zero-order chi connectivity index (χ0) is 18.9. The summed E-state index contributed by atoms with van der Waals surface area (Å²) in [5, 5.41) is 0. The molecule has 0 bridgehead atoms. The Balaban J connectivity index is 1.84. The molecule has 0 aliphatic rings. The minimum absolute atomic E-state index is 0.0557. The van der Waals surface area contributed by atoms with E-state index < -0.39 is 6.61 Å². The van der Waals surface area contributed by atoms with E-state index in [4.69, 9.17) is 14.2 Å². The molecular weight excluding hydrogens is 346 g/mol. The molecule has 2 rings (SSSR count). The van der Waals surface area contributed by atoms with Crippen LogP contribution in [0.1, 0.15) is 17.5 Å². The quantitative estimate of drug-likeness (QED) is 0.629. The van der Waals surface area contributed by atoms with Gasteiger partial charge in [0, 0.05) is 6.42 Å². The van der Waals surface area contributed by atoms with Crippen LogP contribution in [0.3, 0.4) is 0 Å². The van der Waals surface area contributed by atoms with E-state index in [1.807, 2.05) is 12.1 Å². The van der Waals surface area contributed by atoms with Gasteiger partial charge in [0.15, 0.2) is 11.5 Å². The van der Waals surface area contributed by atoms with Crippen LogP contribution in [0.4, 0.5) is 8.78 Å². The zero-order valence-corrected chi connectivity index (χ0v) is 14.5. The van der Waals surface area contributed by atoms with Crippen LogP contribution in [0.15, 0.2) is 42.5 Å². The van der Waals surface area contributed by atoms with Crippen molar-refractivity contribution in [3.63, 3.8) is 0 Å². The predicted molar refractivity (Wildman–Crippen MR) is 90.7 cm³/mol. The number of hydrogen-bond acceptors (Lipinski definition) is 5. The van der Waals surface area contributed by atoms with Gasteiger partial charge in [-0.2, -0.15) is 8.78 Å². The third-order valence-corrected chi connectivity index (χ3v) is 3.63. The number of carbonyl (C=O) groups excluding carboxylic acids is 1. The lowest BCUT2D eigenvalue weighted by Gasteiger charge is -2.12. The molecule has 26 heavy (non-hydrogen) atoms. The summed E-state index contributed by atoms with van der Waals surface area (Å²) < 4.78 is 44.2. The van der Waals surface area contributed by atoms with E-state index in [9.17, 15) is 13.6 Å². The van der Waals surface area contributed by atoms with Gasteiger partial charge >= 0.3 is 12.6 Å². The number of carbonyl (C=O) groups is 1. The van der Waals surface area contributed by atoms with Crippen LogP contribution in [-0.4, -0.2) is 26.8 Å². The highest BCUT2D eigenvalue weighted by atomic mass is 19.3. The Kier molecular flexibility index (Phi) is 7.20. The van der Waals surface area contributed by atoms with Crippen molar-refractivity contribution in [3.05, 3.63) is 53.6 Å². The van der Waals surface area contributed by atoms with E-state index in [1.165, 1.54) is 12.1 Å². The molecule has 0 atom stereocenters. The second-order valence-corrected chi connectivity index (χ2v) is 5.34. The average Bonchev–Trinajstić information content (AvgIpc) is 2.64. The minimum atomic E-state index is -2.87. The number of esters is 1. The monoisotopic (exact) mass is 366 g/mol. The highest BCUT2D eigenvalue weighted by molar-refractivity contribution is 5.70. The van der Waals surface area contributed by atoms with E-state index in [0.717, 1.165) is 5.56 Å². The van der Waals surface area contributed by atoms with Crippen LogP contribution in [0.2, 0.25) is 0 Å². The van der Waals surface area contributed by atoms with E-state index >= 15 is 0 Å². The summed E-state index contributed by atoms with van der Waals surface area (Å²) in [4.78, 5) is 11.9. The van der Waals surface area contributed by atoms with E-state index in [1.54, 1.807) is 32.4 Å². The molecule has 0 aromatic heterocycles. The first kappa shape index (κ1) is 19.5. The predicted octanol–water partition coefficient (Wildman–Crippen LogP) is 3.98. The molecule has 0 saturated carbocycles. The average molecular weight is 366 g/mol. The van der Waals surface area contributed by atoms with Crippen LogP contribution in [0.25, 0.3) is 0 Å². The number of halogens is 2. The standard InChI is InChI=1S/C19H20F2O5/c1-23-16-5-3-4-14(18(16)24-2)8-11-17(22)25-12-13-6-9-15(10-7-13)26-19(20)21/h3-7,9-10,19H,8,11-12H2,1-2H3. The lowest BCUT2D eigenvalue weighted by Crippen LogP contribution is -2.07. The first-order chi connectivity index (χ1) is 12.5. The van der Waals surface area contributed by atoms with Crippen molar-refractivity contribution in [1.82, 2.24) is 0 Å². The highest BCUT2D eigenvalue weighted by Crippen LogP contribution is 2.31. The maximum absolute atomic E-state index is 12.1. The number of benzene rings is 2. The van der Waals surface area contributed by atoms with Crippen LogP contribution < -0.4 is 14.2 Å². The highest BCUT2D eigenvalue weighted by Gasteiger charge is 2.12. The molecule has 0 heterocycles. The molecule has 0 aliphatic carbocycles. The second-order valence-electron chi connectivity index (χ2n) is 5.34. The molecule has 0 saturated heterocycles. The van der Waals surface area contributed by atoms with Gasteiger partial charge in [-0.3, -0.25) is 4.79 Å². The Morgan fingerprint density at radius 3 is 2.38 bits per heavy atom. The molecular formula is C19H20F2O5. The largest absolute Gasteiger partial charge is 0.493 e. The Hall–Kier alpha value is -2.83. The van der Waals surface area contributed by atoms with Gasteiger partial charge in [0.25, 0.3) is 0 Å².